The van der Waals surface area contributed by atoms with Crippen molar-refractivity contribution in [1.29, 1.82) is 0 Å². The third-order valence-electron chi connectivity index (χ3n) is 12.5. The smallest absolute Gasteiger partial charge is 0.220 e. The minimum Gasteiger partial charge on any atom is -0.394 e. The Balaban J connectivity index is 3.42. The molecular formula is C51H103NO4. The van der Waals surface area contributed by atoms with Crippen molar-refractivity contribution in [1.82, 2.24) is 5.32 Å². The van der Waals surface area contributed by atoms with Gasteiger partial charge in [0.25, 0.3) is 0 Å². The van der Waals surface area contributed by atoms with Gasteiger partial charge in [-0.05, 0) is 12.8 Å². The van der Waals surface area contributed by atoms with E-state index in [0.717, 1.165) is 38.5 Å². The zero-order chi connectivity index (χ0) is 40.8. The van der Waals surface area contributed by atoms with Gasteiger partial charge in [-0.1, -0.05) is 277 Å². The lowest BCUT2D eigenvalue weighted by Gasteiger charge is -2.26. The highest BCUT2D eigenvalue weighted by Gasteiger charge is 2.26. The molecule has 3 atom stereocenters. The van der Waals surface area contributed by atoms with Gasteiger partial charge in [-0.3, -0.25) is 4.79 Å². The molecule has 0 unspecified atom stereocenters. The van der Waals surface area contributed by atoms with Crippen molar-refractivity contribution in [3.8, 4) is 0 Å². The summed E-state index contributed by atoms with van der Waals surface area (Å²) < 4.78 is 0. The quantitative estimate of drug-likeness (QED) is 0.0462. The molecule has 0 aliphatic carbocycles. The zero-order valence-corrected chi connectivity index (χ0v) is 38.3. The van der Waals surface area contributed by atoms with Crippen LogP contribution in [0.2, 0.25) is 0 Å². The maximum absolute atomic E-state index is 12.4. The first-order valence-electron chi connectivity index (χ1n) is 25.8. The normalized spacial score (nSPS) is 13.3. The molecular weight excluding hydrogens is 691 g/mol. The van der Waals surface area contributed by atoms with E-state index in [0.29, 0.717) is 12.8 Å². The number of aliphatic hydroxyl groups excluding tert-OH is 3. The molecule has 0 spiro atoms. The zero-order valence-electron chi connectivity index (χ0n) is 38.3. The van der Waals surface area contributed by atoms with Gasteiger partial charge in [0.2, 0.25) is 5.91 Å². The lowest BCUT2D eigenvalue weighted by molar-refractivity contribution is -0.124. The van der Waals surface area contributed by atoms with E-state index < -0.39 is 18.2 Å². The van der Waals surface area contributed by atoms with E-state index in [1.165, 1.54) is 231 Å². The first-order chi connectivity index (χ1) is 27.6. The van der Waals surface area contributed by atoms with E-state index in [9.17, 15) is 20.1 Å². The van der Waals surface area contributed by atoms with Gasteiger partial charge in [0.05, 0.1) is 18.8 Å². The fraction of sp³-hybridized carbons (Fsp3) is 0.980. The molecule has 0 aromatic carbocycles. The van der Waals surface area contributed by atoms with Crippen molar-refractivity contribution in [2.45, 2.75) is 315 Å². The lowest BCUT2D eigenvalue weighted by atomic mass is 9.99. The molecule has 0 rings (SSSR count). The van der Waals surface area contributed by atoms with Crippen LogP contribution in [-0.2, 0) is 4.79 Å². The molecule has 1 amide bonds. The van der Waals surface area contributed by atoms with Crippen LogP contribution in [0.5, 0.6) is 0 Å². The van der Waals surface area contributed by atoms with Crippen LogP contribution in [0.3, 0.4) is 0 Å². The summed E-state index contributed by atoms with van der Waals surface area (Å²) in [5.41, 5.74) is 0. The minimum atomic E-state index is -1.13. The number of nitrogens with one attached hydrogen (secondary N) is 1. The summed E-state index contributed by atoms with van der Waals surface area (Å²) >= 11 is 0. The topological polar surface area (TPSA) is 89.8 Å². The van der Waals surface area contributed by atoms with Crippen LogP contribution in [0.4, 0.5) is 0 Å². The first-order valence-corrected chi connectivity index (χ1v) is 25.8. The summed E-state index contributed by atoms with van der Waals surface area (Å²) in [7, 11) is 0. The molecule has 0 saturated carbocycles. The first kappa shape index (κ1) is 55.4. The molecule has 0 saturated heterocycles. The van der Waals surface area contributed by atoms with Crippen LogP contribution in [0, 0.1) is 0 Å². The standard InChI is InChI=1S/C51H103NO4/c1-3-5-7-9-11-13-15-16-17-18-19-20-21-22-23-24-25-26-27-28-29-30-31-32-33-34-36-38-40-42-44-46-50(55)52-48(47-53)51(56)49(54)45-43-41-39-37-35-14-12-10-8-6-4-2/h48-49,51,53-54,56H,3-47H2,1-2H3,(H,52,55)/t48-,49+,51-/m0/s1. The lowest BCUT2D eigenvalue weighted by Crippen LogP contribution is -2.50. The third-order valence-corrected chi connectivity index (χ3v) is 12.5. The second-order valence-electron chi connectivity index (χ2n) is 18.1. The molecule has 5 heteroatoms. The van der Waals surface area contributed by atoms with Gasteiger partial charge in [0.15, 0.2) is 0 Å². The molecule has 0 aromatic heterocycles. The van der Waals surface area contributed by atoms with Crippen molar-refractivity contribution in [2.24, 2.45) is 0 Å². The second-order valence-corrected chi connectivity index (χ2v) is 18.1. The van der Waals surface area contributed by atoms with Crippen molar-refractivity contribution < 1.29 is 20.1 Å². The van der Waals surface area contributed by atoms with Gasteiger partial charge in [-0.25, -0.2) is 0 Å². The van der Waals surface area contributed by atoms with Crippen molar-refractivity contribution in [3.05, 3.63) is 0 Å². The molecule has 0 heterocycles. The van der Waals surface area contributed by atoms with E-state index in [1.807, 2.05) is 0 Å². The largest absolute Gasteiger partial charge is 0.394 e. The Hall–Kier alpha value is -0.650. The van der Waals surface area contributed by atoms with Gasteiger partial charge in [-0.15, -0.1) is 0 Å². The van der Waals surface area contributed by atoms with Crippen molar-refractivity contribution in [2.75, 3.05) is 6.61 Å². The Morgan fingerprint density at radius 3 is 0.857 bits per heavy atom. The minimum absolute atomic E-state index is 0.139. The number of hydrogen-bond donors (Lipinski definition) is 4. The highest BCUT2D eigenvalue weighted by atomic mass is 16.3. The van der Waals surface area contributed by atoms with Gasteiger partial charge >= 0.3 is 0 Å². The number of amides is 1. The molecule has 0 aliphatic rings. The fourth-order valence-electron chi connectivity index (χ4n) is 8.46. The monoisotopic (exact) mass is 794 g/mol. The molecule has 56 heavy (non-hydrogen) atoms. The summed E-state index contributed by atoms with van der Waals surface area (Å²) in [4.78, 5) is 12.4. The Kier molecular flexibility index (Phi) is 46.5. The Bertz CT molecular complexity index is 747. The van der Waals surface area contributed by atoms with Crippen molar-refractivity contribution in [3.63, 3.8) is 0 Å². The SMILES string of the molecule is CCCCCCCCCCCCCCCCCCCCCCCCCCCCCCCCCC(=O)N[C@@H](CO)[C@H](O)[C@H](O)CCCCCCCCCCCCC. The predicted molar refractivity (Wildman–Crippen MR) is 246 cm³/mol. The number of hydrogen-bond acceptors (Lipinski definition) is 4. The predicted octanol–water partition coefficient (Wildman–Crippen LogP) is 15.4. The van der Waals surface area contributed by atoms with E-state index in [2.05, 4.69) is 19.2 Å². The number of rotatable bonds is 48. The third kappa shape index (κ3) is 41.5. The van der Waals surface area contributed by atoms with Crippen LogP contribution >= 0.6 is 0 Å². The number of carbonyl (C=O) groups is 1. The number of carbonyl (C=O) groups excluding carboxylic acids is 1. The number of unbranched alkanes of at least 4 members (excludes halogenated alkanes) is 40. The summed E-state index contributed by atoms with van der Waals surface area (Å²) in [6.07, 6.45) is 55.4. The molecule has 0 fully saturated rings. The maximum Gasteiger partial charge on any atom is 0.220 e. The van der Waals surface area contributed by atoms with Crippen LogP contribution in [0.25, 0.3) is 0 Å². The summed E-state index contributed by atoms with van der Waals surface area (Å²) in [5.74, 6) is -0.139. The highest BCUT2D eigenvalue weighted by molar-refractivity contribution is 5.76. The average molecular weight is 794 g/mol. The maximum atomic E-state index is 12.4. The van der Waals surface area contributed by atoms with Gasteiger partial charge in [-0.2, -0.15) is 0 Å². The highest BCUT2D eigenvalue weighted by Crippen LogP contribution is 2.18. The Morgan fingerprint density at radius 1 is 0.375 bits per heavy atom. The summed E-state index contributed by atoms with van der Waals surface area (Å²) in [6, 6.07) is -0.802. The van der Waals surface area contributed by atoms with E-state index >= 15 is 0 Å². The summed E-state index contributed by atoms with van der Waals surface area (Å²) in [5, 5.41) is 33.5. The van der Waals surface area contributed by atoms with Crippen LogP contribution in [-0.4, -0.2) is 46.1 Å². The molecule has 0 bridgehead atoms. The van der Waals surface area contributed by atoms with Gasteiger partial charge in [0, 0.05) is 6.42 Å². The Morgan fingerprint density at radius 2 is 0.607 bits per heavy atom. The van der Waals surface area contributed by atoms with E-state index in [1.54, 1.807) is 0 Å². The molecule has 4 N–H and O–H groups in total. The molecule has 5 nitrogen and oxygen atoms in total. The van der Waals surface area contributed by atoms with Gasteiger partial charge < -0.3 is 20.6 Å². The molecule has 0 aliphatic heterocycles. The second kappa shape index (κ2) is 47.0. The van der Waals surface area contributed by atoms with Crippen LogP contribution in [0.1, 0.15) is 296 Å². The van der Waals surface area contributed by atoms with Crippen molar-refractivity contribution >= 4 is 5.91 Å². The molecule has 0 aromatic rings. The molecule has 336 valence electrons. The van der Waals surface area contributed by atoms with E-state index in [-0.39, 0.29) is 12.5 Å². The van der Waals surface area contributed by atoms with E-state index in [4.69, 9.17) is 0 Å². The Labute approximate surface area is 351 Å². The summed E-state index contributed by atoms with van der Waals surface area (Å²) in [6.45, 7) is 4.19. The van der Waals surface area contributed by atoms with Gasteiger partial charge in [0.1, 0.15) is 6.10 Å². The van der Waals surface area contributed by atoms with Crippen LogP contribution < -0.4 is 5.32 Å². The molecule has 0 radical (unpaired) electrons. The number of aliphatic hydroxyl groups is 3. The fourth-order valence-corrected chi connectivity index (χ4v) is 8.46. The average Bonchev–Trinajstić information content (AvgIpc) is 3.20. The van der Waals surface area contributed by atoms with Crippen LogP contribution in [0.15, 0.2) is 0 Å².